The van der Waals surface area contributed by atoms with Crippen LogP contribution in [0.25, 0.3) is 0 Å². The lowest BCUT2D eigenvalue weighted by atomic mass is 10.2. The summed E-state index contributed by atoms with van der Waals surface area (Å²) >= 11 is 0. The fourth-order valence-electron chi connectivity index (χ4n) is 2.30. The van der Waals surface area contributed by atoms with E-state index in [4.69, 9.17) is 5.11 Å². The maximum Gasteiger partial charge on any atom is 0.326 e. The largest absolute Gasteiger partial charge is 0.480 e. The second kappa shape index (κ2) is 5.29. The van der Waals surface area contributed by atoms with Gasteiger partial charge in [0.05, 0.1) is 6.54 Å². The van der Waals surface area contributed by atoms with Gasteiger partial charge < -0.3 is 19.5 Å². The Labute approximate surface area is 111 Å². The van der Waals surface area contributed by atoms with Crippen LogP contribution in [0, 0.1) is 0 Å². The van der Waals surface area contributed by atoms with Crippen molar-refractivity contribution < 1.29 is 14.7 Å². The lowest BCUT2D eigenvalue weighted by Crippen LogP contribution is -2.46. The number of aliphatic carboxylic acids is 1. The molecule has 0 spiro atoms. The quantitative estimate of drug-likeness (QED) is 0.865. The molecule has 0 unspecified atom stereocenters. The third-order valence-electron chi connectivity index (χ3n) is 3.41. The molecule has 2 heterocycles. The second-order valence-corrected chi connectivity index (χ2v) is 4.78. The van der Waals surface area contributed by atoms with Gasteiger partial charge in [0.25, 0.3) is 0 Å². The lowest BCUT2D eigenvalue weighted by Gasteiger charge is -2.27. The van der Waals surface area contributed by atoms with Crippen LogP contribution >= 0.6 is 0 Å². The highest BCUT2D eigenvalue weighted by Crippen LogP contribution is 2.19. The third-order valence-corrected chi connectivity index (χ3v) is 3.41. The molecule has 0 saturated carbocycles. The number of hydrogen-bond acceptors (Lipinski definition) is 3. The predicted octanol–water partition coefficient (Wildman–Crippen LogP) is 0.521. The number of urea groups is 1. The van der Waals surface area contributed by atoms with Crippen molar-refractivity contribution in [2.45, 2.75) is 25.4 Å². The van der Waals surface area contributed by atoms with Crippen molar-refractivity contribution in [2.24, 2.45) is 7.05 Å². The number of carbonyl (C=O) groups excluding carboxylic acids is 1. The average Bonchev–Trinajstić information content (AvgIpc) is 2.98. The first-order valence-electron chi connectivity index (χ1n) is 6.21. The molecule has 1 fully saturated rings. The number of carboxylic acid groups (broad SMARTS) is 1. The Morgan fingerprint density at radius 2 is 2.32 bits per heavy atom. The van der Waals surface area contributed by atoms with Gasteiger partial charge in [0.2, 0.25) is 0 Å². The minimum absolute atomic E-state index is 0.257. The molecule has 2 rings (SSSR count). The molecule has 1 atom stereocenters. The highest BCUT2D eigenvalue weighted by atomic mass is 16.4. The maximum absolute atomic E-state index is 12.2. The van der Waals surface area contributed by atoms with E-state index in [-0.39, 0.29) is 6.03 Å². The Kier molecular flexibility index (Phi) is 3.73. The van der Waals surface area contributed by atoms with Gasteiger partial charge in [-0.3, -0.25) is 0 Å². The van der Waals surface area contributed by atoms with Crippen molar-refractivity contribution in [1.29, 1.82) is 0 Å². The van der Waals surface area contributed by atoms with Crippen LogP contribution in [-0.4, -0.2) is 56.1 Å². The molecule has 1 aliphatic heterocycles. The molecular weight excluding hydrogens is 248 g/mol. The summed E-state index contributed by atoms with van der Waals surface area (Å²) in [5, 5.41) is 9.09. The number of carboxylic acids is 1. The van der Waals surface area contributed by atoms with Crippen molar-refractivity contribution >= 4 is 12.0 Å². The molecule has 1 aromatic rings. The van der Waals surface area contributed by atoms with E-state index in [1.165, 1.54) is 9.80 Å². The Balaban J connectivity index is 2.03. The summed E-state index contributed by atoms with van der Waals surface area (Å²) in [6, 6.07) is -0.954. The van der Waals surface area contributed by atoms with Crippen molar-refractivity contribution in [3.8, 4) is 0 Å². The zero-order chi connectivity index (χ0) is 14.0. The van der Waals surface area contributed by atoms with E-state index >= 15 is 0 Å². The minimum atomic E-state index is -0.934. The Hall–Kier alpha value is -2.05. The van der Waals surface area contributed by atoms with E-state index in [1.54, 1.807) is 13.2 Å². The molecule has 104 valence electrons. The van der Waals surface area contributed by atoms with Crippen LogP contribution < -0.4 is 0 Å². The highest BCUT2D eigenvalue weighted by Gasteiger charge is 2.35. The molecule has 0 bridgehead atoms. The number of hydrogen-bond donors (Lipinski definition) is 1. The van der Waals surface area contributed by atoms with Gasteiger partial charge in [-0.2, -0.15) is 0 Å². The lowest BCUT2D eigenvalue weighted by molar-refractivity contribution is -0.141. The Morgan fingerprint density at radius 3 is 2.89 bits per heavy atom. The molecule has 0 aliphatic carbocycles. The Bertz CT molecular complexity index is 485. The fourth-order valence-corrected chi connectivity index (χ4v) is 2.30. The van der Waals surface area contributed by atoms with Crippen LogP contribution in [0.4, 0.5) is 4.79 Å². The summed E-state index contributed by atoms with van der Waals surface area (Å²) in [6.45, 7) is 0.867. The van der Waals surface area contributed by atoms with Crippen LogP contribution in [0.15, 0.2) is 12.4 Å². The van der Waals surface area contributed by atoms with Gasteiger partial charge >= 0.3 is 12.0 Å². The standard InChI is InChI=1S/C12H18N4O3/c1-14-7-5-13-10(14)8-15(2)12(19)16-6-3-4-9(16)11(17)18/h5,7,9H,3-4,6,8H2,1-2H3,(H,17,18)/t9-/m0/s1. The molecule has 7 heteroatoms. The molecule has 1 N–H and O–H groups in total. The molecule has 7 nitrogen and oxygen atoms in total. The van der Waals surface area contributed by atoms with E-state index in [2.05, 4.69) is 4.98 Å². The van der Waals surface area contributed by atoms with E-state index in [0.717, 1.165) is 12.2 Å². The van der Waals surface area contributed by atoms with Crippen LogP contribution in [0.2, 0.25) is 0 Å². The van der Waals surface area contributed by atoms with Crippen LogP contribution in [0.5, 0.6) is 0 Å². The van der Waals surface area contributed by atoms with Crippen molar-refractivity contribution in [2.75, 3.05) is 13.6 Å². The van der Waals surface area contributed by atoms with Gasteiger partial charge in [0.15, 0.2) is 0 Å². The summed E-state index contributed by atoms with van der Waals surface area (Å²) < 4.78 is 1.84. The average molecular weight is 266 g/mol. The number of rotatable bonds is 3. The van der Waals surface area contributed by atoms with E-state index in [0.29, 0.717) is 19.5 Å². The first kappa shape index (κ1) is 13.4. The molecule has 1 aliphatic rings. The summed E-state index contributed by atoms with van der Waals surface area (Å²) in [7, 11) is 3.52. The van der Waals surface area contributed by atoms with Gasteiger partial charge in [-0.15, -0.1) is 0 Å². The van der Waals surface area contributed by atoms with Gasteiger partial charge in [0.1, 0.15) is 11.9 Å². The molecule has 1 aromatic heterocycles. The van der Waals surface area contributed by atoms with Gasteiger partial charge in [-0.1, -0.05) is 0 Å². The van der Waals surface area contributed by atoms with Crippen molar-refractivity contribution in [3.63, 3.8) is 0 Å². The molecular formula is C12H18N4O3. The first-order valence-corrected chi connectivity index (χ1v) is 6.21. The number of amides is 2. The number of aryl methyl sites for hydroxylation is 1. The first-order chi connectivity index (χ1) is 9.00. The highest BCUT2D eigenvalue weighted by molar-refractivity contribution is 5.83. The molecule has 1 saturated heterocycles. The number of aromatic nitrogens is 2. The topological polar surface area (TPSA) is 78.7 Å². The normalized spacial score (nSPS) is 18.6. The zero-order valence-electron chi connectivity index (χ0n) is 11.1. The minimum Gasteiger partial charge on any atom is -0.480 e. The predicted molar refractivity (Wildman–Crippen MR) is 67.4 cm³/mol. The summed E-state index contributed by atoms with van der Waals surface area (Å²) in [6.07, 6.45) is 4.74. The van der Waals surface area contributed by atoms with Crippen LogP contribution in [-0.2, 0) is 18.4 Å². The zero-order valence-corrected chi connectivity index (χ0v) is 11.1. The smallest absolute Gasteiger partial charge is 0.326 e. The summed E-state index contributed by atoms with van der Waals surface area (Å²) in [4.78, 5) is 30.4. The second-order valence-electron chi connectivity index (χ2n) is 4.78. The van der Waals surface area contributed by atoms with Gasteiger partial charge in [0, 0.05) is 33.0 Å². The SMILES string of the molecule is CN(Cc1nccn1C)C(=O)N1CCC[C@H]1C(=O)O. The van der Waals surface area contributed by atoms with E-state index < -0.39 is 12.0 Å². The van der Waals surface area contributed by atoms with Crippen LogP contribution in [0.1, 0.15) is 18.7 Å². The molecule has 2 amide bonds. The van der Waals surface area contributed by atoms with E-state index in [9.17, 15) is 9.59 Å². The van der Waals surface area contributed by atoms with Gasteiger partial charge in [-0.05, 0) is 12.8 Å². The number of imidazole rings is 1. The van der Waals surface area contributed by atoms with Gasteiger partial charge in [-0.25, -0.2) is 14.6 Å². The number of nitrogens with zero attached hydrogens (tertiary/aromatic N) is 4. The fraction of sp³-hybridized carbons (Fsp3) is 0.583. The molecule has 0 radical (unpaired) electrons. The number of likely N-dealkylation sites (tertiary alicyclic amines) is 1. The molecule has 0 aromatic carbocycles. The van der Waals surface area contributed by atoms with Crippen molar-refractivity contribution in [1.82, 2.24) is 19.4 Å². The number of carbonyl (C=O) groups is 2. The molecule has 19 heavy (non-hydrogen) atoms. The summed E-state index contributed by atoms with van der Waals surface area (Å²) in [5.74, 6) is -0.168. The maximum atomic E-state index is 12.2. The summed E-state index contributed by atoms with van der Waals surface area (Å²) in [5.41, 5.74) is 0. The van der Waals surface area contributed by atoms with Crippen molar-refractivity contribution in [3.05, 3.63) is 18.2 Å². The Morgan fingerprint density at radius 1 is 1.58 bits per heavy atom. The third kappa shape index (κ3) is 2.69. The monoisotopic (exact) mass is 266 g/mol. The van der Waals surface area contributed by atoms with E-state index in [1.807, 2.05) is 17.8 Å². The van der Waals surface area contributed by atoms with Crippen LogP contribution in [0.3, 0.4) is 0 Å².